The van der Waals surface area contributed by atoms with Crippen LogP contribution in [0, 0.1) is 0 Å². The number of rotatable bonds is 2. The predicted octanol–water partition coefficient (Wildman–Crippen LogP) is 3.04. The summed E-state index contributed by atoms with van der Waals surface area (Å²) in [5.41, 5.74) is 2.08. The Bertz CT molecular complexity index is 438. The molecule has 1 aliphatic heterocycles. The maximum atomic E-state index is 6.06. The molecule has 0 fully saturated rings. The molecule has 15 heavy (non-hydrogen) atoms. The lowest BCUT2D eigenvalue weighted by atomic mass is 10.1. The summed E-state index contributed by atoms with van der Waals surface area (Å²) in [5, 5.41) is 7.43. The maximum absolute atomic E-state index is 6.06. The molecule has 0 saturated carbocycles. The van der Waals surface area contributed by atoms with Gasteiger partial charge in [0.2, 0.25) is 0 Å². The lowest BCUT2D eigenvalue weighted by Crippen LogP contribution is -2.11. The zero-order valence-electron chi connectivity index (χ0n) is 7.98. The third kappa shape index (κ3) is 2.46. The molecule has 1 heterocycles. The second kappa shape index (κ2) is 4.17. The van der Waals surface area contributed by atoms with Crippen molar-refractivity contribution >= 4 is 23.2 Å². The first-order valence-electron chi connectivity index (χ1n) is 4.50. The number of hydrogen-bond acceptors (Lipinski definition) is 2. The summed E-state index contributed by atoms with van der Waals surface area (Å²) in [6.07, 6.45) is 2.62. The molecule has 0 saturated heterocycles. The summed E-state index contributed by atoms with van der Waals surface area (Å²) in [4.78, 5) is 0. The van der Waals surface area contributed by atoms with Crippen LogP contribution in [0.4, 0.5) is 0 Å². The lowest BCUT2D eigenvalue weighted by Gasteiger charge is -2.06. The van der Waals surface area contributed by atoms with E-state index in [1.807, 2.05) is 18.3 Å². The minimum atomic E-state index is 0.652. The van der Waals surface area contributed by atoms with E-state index in [1.54, 1.807) is 6.07 Å². The Morgan fingerprint density at radius 2 is 2.07 bits per heavy atom. The van der Waals surface area contributed by atoms with Crippen molar-refractivity contribution in [2.75, 3.05) is 0 Å². The molecule has 1 aromatic carbocycles. The molecule has 1 aromatic rings. The highest BCUT2D eigenvalue weighted by atomic mass is 35.5. The molecule has 0 aliphatic carbocycles. The Hall–Kier alpha value is -1.12. The molecule has 0 atom stereocenters. The van der Waals surface area contributed by atoms with E-state index in [2.05, 4.69) is 17.2 Å². The topological polar surface area (TPSA) is 24.1 Å². The molecule has 0 spiro atoms. The van der Waals surface area contributed by atoms with E-state index in [-0.39, 0.29) is 0 Å². The van der Waals surface area contributed by atoms with Gasteiger partial charge in [0.1, 0.15) is 0 Å². The molecule has 78 valence electrons. The zero-order chi connectivity index (χ0) is 10.8. The van der Waals surface area contributed by atoms with Gasteiger partial charge in [-0.2, -0.15) is 0 Å². The fourth-order valence-corrected chi connectivity index (χ4v) is 1.88. The number of hydrogen-bond donors (Lipinski definition) is 2. The monoisotopic (exact) mass is 240 g/mol. The van der Waals surface area contributed by atoms with Crippen LogP contribution in [0.1, 0.15) is 5.56 Å². The van der Waals surface area contributed by atoms with Crippen LogP contribution in [0.15, 0.2) is 42.5 Å². The van der Waals surface area contributed by atoms with E-state index in [0.717, 1.165) is 23.5 Å². The fourth-order valence-electron chi connectivity index (χ4n) is 1.41. The Kier molecular flexibility index (Phi) is 2.89. The number of benzene rings is 1. The van der Waals surface area contributed by atoms with Gasteiger partial charge in [0.15, 0.2) is 0 Å². The van der Waals surface area contributed by atoms with E-state index in [4.69, 9.17) is 23.2 Å². The maximum Gasteiger partial charge on any atom is 0.0995 e. The molecule has 2 nitrogen and oxygen atoms in total. The van der Waals surface area contributed by atoms with Crippen molar-refractivity contribution in [1.29, 1.82) is 0 Å². The Morgan fingerprint density at radius 1 is 1.27 bits per heavy atom. The van der Waals surface area contributed by atoms with Gasteiger partial charge in [-0.3, -0.25) is 0 Å². The lowest BCUT2D eigenvalue weighted by molar-refractivity contribution is 0.928. The molecule has 0 aromatic heterocycles. The first-order valence-corrected chi connectivity index (χ1v) is 5.26. The minimum Gasteiger partial charge on any atom is -0.347 e. The minimum absolute atomic E-state index is 0.652. The van der Waals surface area contributed by atoms with Gasteiger partial charge in [-0.15, -0.1) is 0 Å². The Morgan fingerprint density at radius 3 is 2.67 bits per heavy atom. The number of allylic oxidation sites excluding steroid dienone is 1. The molecule has 0 radical (unpaired) electrons. The SMILES string of the molecule is C=C1NC=C(Cc2ccc(Cl)cc2Cl)N1. The average Bonchev–Trinajstić information content (AvgIpc) is 2.56. The summed E-state index contributed by atoms with van der Waals surface area (Å²) >= 11 is 11.9. The van der Waals surface area contributed by atoms with Crippen molar-refractivity contribution in [2.24, 2.45) is 0 Å². The van der Waals surface area contributed by atoms with Crippen LogP contribution in [0.25, 0.3) is 0 Å². The van der Waals surface area contributed by atoms with E-state index in [0.29, 0.717) is 10.0 Å². The number of halogens is 2. The quantitative estimate of drug-likeness (QED) is 0.831. The van der Waals surface area contributed by atoms with Crippen molar-refractivity contribution < 1.29 is 0 Å². The van der Waals surface area contributed by atoms with E-state index >= 15 is 0 Å². The normalized spacial score (nSPS) is 14.5. The first-order chi connectivity index (χ1) is 7.15. The first kappa shape index (κ1) is 10.4. The van der Waals surface area contributed by atoms with Gasteiger partial charge in [-0.05, 0) is 17.7 Å². The molecule has 1 aliphatic rings. The van der Waals surface area contributed by atoms with Gasteiger partial charge in [0.25, 0.3) is 0 Å². The van der Waals surface area contributed by atoms with Crippen LogP contribution in [-0.4, -0.2) is 0 Å². The van der Waals surface area contributed by atoms with Gasteiger partial charge in [-0.1, -0.05) is 35.8 Å². The van der Waals surface area contributed by atoms with Gasteiger partial charge in [0.05, 0.1) is 5.82 Å². The molecular weight excluding hydrogens is 231 g/mol. The van der Waals surface area contributed by atoms with Gasteiger partial charge < -0.3 is 10.6 Å². The summed E-state index contributed by atoms with van der Waals surface area (Å²) < 4.78 is 0. The standard InChI is InChI=1S/C11H10Cl2N2/c1-7-14-6-10(15-7)4-8-2-3-9(12)5-11(8)13/h2-3,5-6,14-15H,1,4H2. The Balaban J connectivity index is 2.14. The van der Waals surface area contributed by atoms with Crippen LogP contribution in [-0.2, 0) is 6.42 Å². The van der Waals surface area contributed by atoms with E-state index in [9.17, 15) is 0 Å². The zero-order valence-corrected chi connectivity index (χ0v) is 9.49. The van der Waals surface area contributed by atoms with Crippen molar-refractivity contribution in [1.82, 2.24) is 10.6 Å². The Labute approximate surface area is 98.6 Å². The third-order valence-electron chi connectivity index (χ3n) is 2.13. The average molecular weight is 241 g/mol. The third-order valence-corrected chi connectivity index (χ3v) is 2.72. The van der Waals surface area contributed by atoms with Crippen LogP contribution in [0.2, 0.25) is 10.0 Å². The summed E-state index contributed by atoms with van der Waals surface area (Å²) in [6, 6.07) is 5.50. The van der Waals surface area contributed by atoms with Crippen molar-refractivity contribution in [3.05, 3.63) is 58.1 Å². The van der Waals surface area contributed by atoms with Crippen molar-refractivity contribution in [3.8, 4) is 0 Å². The van der Waals surface area contributed by atoms with Gasteiger partial charge in [0, 0.05) is 28.4 Å². The highest BCUT2D eigenvalue weighted by Crippen LogP contribution is 2.23. The second-order valence-corrected chi connectivity index (χ2v) is 4.17. The fraction of sp³-hybridized carbons (Fsp3) is 0.0909. The van der Waals surface area contributed by atoms with E-state index in [1.165, 1.54) is 0 Å². The van der Waals surface area contributed by atoms with Gasteiger partial charge >= 0.3 is 0 Å². The molecular formula is C11H10Cl2N2. The highest BCUT2D eigenvalue weighted by Gasteiger charge is 2.09. The van der Waals surface area contributed by atoms with E-state index < -0.39 is 0 Å². The van der Waals surface area contributed by atoms with Crippen LogP contribution in [0.5, 0.6) is 0 Å². The molecule has 0 amide bonds. The molecule has 4 heteroatoms. The molecule has 2 rings (SSSR count). The second-order valence-electron chi connectivity index (χ2n) is 3.33. The van der Waals surface area contributed by atoms with Gasteiger partial charge in [-0.25, -0.2) is 0 Å². The highest BCUT2D eigenvalue weighted by molar-refractivity contribution is 6.35. The van der Waals surface area contributed by atoms with Crippen LogP contribution >= 0.6 is 23.2 Å². The van der Waals surface area contributed by atoms with Crippen molar-refractivity contribution in [2.45, 2.75) is 6.42 Å². The van der Waals surface area contributed by atoms with Crippen molar-refractivity contribution in [3.63, 3.8) is 0 Å². The molecule has 2 N–H and O–H groups in total. The van der Waals surface area contributed by atoms with Crippen LogP contribution in [0.3, 0.4) is 0 Å². The summed E-state index contributed by atoms with van der Waals surface area (Å²) in [6.45, 7) is 3.75. The summed E-state index contributed by atoms with van der Waals surface area (Å²) in [7, 11) is 0. The number of nitrogens with one attached hydrogen (secondary N) is 2. The largest absolute Gasteiger partial charge is 0.347 e. The predicted molar refractivity (Wildman–Crippen MR) is 63.7 cm³/mol. The smallest absolute Gasteiger partial charge is 0.0995 e. The van der Waals surface area contributed by atoms with Crippen LogP contribution < -0.4 is 10.6 Å². The summed E-state index contributed by atoms with van der Waals surface area (Å²) in [5.74, 6) is 0.787. The molecule has 0 unspecified atom stereocenters. The molecule has 0 bridgehead atoms.